The van der Waals surface area contributed by atoms with Crippen LogP contribution in [0.25, 0.3) is 0 Å². The van der Waals surface area contributed by atoms with E-state index >= 15 is 0 Å². The van der Waals surface area contributed by atoms with Crippen LogP contribution in [0, 0.1) is 0 Å². The van der Waals surface area contributed by atoms with Crippen LogP contribution in [0.5, 0.6) is 0 Å². The minimum atomic E-state index is -1.51. The molecule has 0 aliphatic rings. The highest BCUT2D eigenvalue weighted by Gasteiger charge is 2.25. The molecular weight excluding hydrogens is 887 g/mol. The van der Waals surface area contributed by atoms with Gasteiger partial charge in [-0.05, 0) is 44.9 Å². The van der Waals surface area contributed by atoms with Crippen molar-refractivity contribution in [3.05, 3.63) is 24.3 Å². The van der Waals surface area contributed by atoms with Gasteiger partial charge < -0.3 is 28.5 Å². The van der Waals surface area contributed by atoms with Gasteiger partial charge in [0.1, 0.15) is 13.2 Å². The molecule has 71 heavy (non-hydrogen) atoms. The van der Waals surface area contributed by atoms with Gasteiger partial charge in [-0.1, -0.05) is 263 Å². The third kappa shape index (κ3) is 55.4. The zero-order chi connectivity index (χ0) is 52.0. The number of esters is 2. The van der Waals surface area contributed by atoms with Crippen LogP contribution in [0.15, 0.2) is 24.3 Å². The first-order valence-electron chi connectivity index (χ1n) is 30.5. The molecule has 0 aromatic heterocycles. The number of aliphatic carboxylic acids is 1. The van der Waals surface area contributed by atoms with Gasteiger partial charge in [-0.15, -0.1) is 0 Å². The quantitative estimate of drug-likeness (QED) is 0.0211. The van der Waals surface area contributed by atoms with E-state index in [1.54, 1.807) is 0 Å². The normalized spacial score (nSPS) is 12.9. The summed E-state index contributed by atoms with van der Waals surface area (Å²) in [5, 5.41) is 9.69. The van der Waals surface area contributed by atoms with E-state index in [9.17, 15) is 19.5 Å². The van der Waals surface area contributed by atoms with Crippen LogP contribution in [-0.2, 0) is 33.3 Å². The van der Waals surface area contributed by atoms with Gasteiger partial charge in [0.15, 0.2) is 6.10 Å². The van der Waals surface area contributed by atoms with Crippen molar-refractivity contribution in [3.63, 3.8) is 0 Å². The lowest BCUT2D eigenvalue weighted by Crippen LogP contribution is -2.40. The minimum Gasteiger partial charge on any atom is -0.477 e. The Balaban J connectivity index is 4.08. The Morgan fingerprint density at radius 1 is 0.423 bits per heavy atom. The fourth-order valence-corrected chi connectivity index (χ4v) is 8.99. The maximum absolute atomic E-state index is 12.8. The maximum Gasteiger partial charge on any atom is 0.361 e. The second-order valence-electron chi connectivity index (χ2n) is 22.0. The van der Waals surface area contributed by atoms with Gasteiger partial charge in [-0.25, -0.2) is 4.79 Å². The molecule has 9 nitrogen and oxygen atoms in total. The lowest BCUT2D eigenvalue weighted by atomic mass is 10.0. The van der Waals surface area contributed by atoms with Gasteiger partial charge >= 0.3 is 17.9 Å². The summed E-state index contributed by atoms with van der Waals surface area (Å²) in [6, 6.07) is 0. The zero-order valence-electron chi connectivity index (χ0n) is 47.7. The number of carboxylic acid groups (broad SMARTS) is 1. The number of hydrogen-bond acceptors (Lipinski definition) is 7. The van der Waals surface area contributed by atoms with Crippen LogP contribution in [0.1, 0.15) is 296 Å². The van der Waals surface area contributed by atoms with Crippen LogP contribution in [0.4, 0.5) is 0 Å². The summed E-state index contributed by atoms with van der Waals surface area (Å²) >= 11 is 0. The number of nitrogens with zero attached hydrogens (tertiary/aromatic N) is 1. The van der Waals surface area contributed by atoms with Crippen molar-refractivity contribution in [2.24, 2.45) is 0 Å². The second kappa shape index (κ2) is 54.0. The van der Waals surface area contributed by atoms with Crippen molar-refractivity contribution in [2.45, 2.75) is 309 Å². The summed E-state index contributed by atoms with van der Waals surface area (Å²) in [6.07, 6.45) is 61.4. The molecule has 0 aromatic carbocycles. The molecule has 0 saturated heterocycles. The molecule has 0 amide bonds. The Morgan fingerprint density at radius 2 is 0.761 bits per heavy atom. The Labute approximate surface area is 439 Å². The molecular formula is C62H118NO8+. The minimum absolute atomic E-state index is 0.183. The highest BCUT2D eigenvalue weighted by Crippen LogP contribution is 2.18. The topological polar surface area (TPSA) is 108 Å². The number of carbonyl (C=O) groups excluding carboxylic acids is 2. The number of quaternary nitrogens is 1. The van der Waals surface area contributed by atoms with E-state index in [0.29, 0.717) is 23.9 Å². The van der Waals surface area contributed by atoms with E-state index in [1.165, 1.54) is 205 Å². The maximum atomic E-state index is 12.8. The van der Waals surface area contributed by atoms with Gasteiger partial charge in [0, 0.05) is 12.8 Å². The standard InChI is InChI=1S/C62H117NO8/c1-6-8-10-12-14-16-18-20-22-24-25-26-27-28-29-30-31-32-33-34-35-36-37-39-40-42-44-46-48-50-52-59(64)69-56-58(57-70-62(61(66)67)68-55-54-63(3,4)5)71-60(65)53-51-49-47-45-43-41-38-23-21-19-17-15-13-11-9-7-2/h17,19,23,38,58,62H,6-16,18,20-22,24-37,39-57H2,1-5H3/p+1/b19-17-,38-23-. The molecule has 418 valence electrons. The number of carbonyl (C=O) groups is 3. The predicted molar refractivity (Wildman–Crippen MR) is 300 cm³/mol. The molecule has 0 radical (unpaired) electrons. The number of rotatable bonds is 57. The van der Waals surface area contributed by atoms with E-state index in [2.05, 4.69) is 38.2 Å². The van der Waals surface area contributed by atoms with Crippen LogP contribution in [0.2, 0.25) is 0 Å². The number of unbranched alkanes of at least 4 members (excludes halogenated alkanes) is 38. The van der Waals surface area contributed by atoms with Gasteiger partial charge in [-0.3, -0.25) is 9.59 Å². The van der Waals surface area contributed by atoms with Crippen molar-refractivity contribution in [2.75, 3.05) is 47.5 Å². The zero-order valence-corrected chi connectivity index (χ0v) is 47.7. The SMILES string of the molecule is CCCCCC/C=C\C/C=C\CCCCCCCC(=O)OC(COC(=O)CCCCCCCCCCCCCCCCCCCCCCCCCCCCCCCC)COC(OCC[N+](C)(C)C)C(=O)O. The molecule has 0 aliphatic carbocycles. The summed E-state index contributed by atoms with van der Waals surface area (Å²) < 4.78 is 22.9. The predicted octanol–water partition coefficient (Wildman–Crippen LogP) is 17.9. The summed E-state index contributed by atoms with van der Waals surface area (Å²) in [6.45, 7) is 4.89. The molecule has 0 aliphatic heterocycles. The fourth-order valence-electron chi connectivity index (χ4n) is 8.99. The number of ether oxygens (including phenoxy) is 4. The molecule has 0 spiro atoms. The van der Waals surface area contributed by atoms with E-state index in [4.69, 9.17) is 18.9 Å². The number of likely N-dealkylation sites (N-methyl/N-ethyl adjacent to an activating group) is 1. The van der Waals surface area contributed by atoms with Crippen LogP contribution < -0.4 is 0 Å². The first kappa shape index (κ1) is 68.8. The highest BCUT2D eigenvalue weighted by molar-refractivity contribution is 5.71. The van der Waals surface area contributed by atoms with Crippen molar-refractivity contribution in [3.8, 4) is 0 Å². The van der Waals surface area contributed by atoms with Crippen molar-refractivity contribution in [1.82, 2.24) is 0 Å². The lowest BCUT2D eigenvalue weighted by molar-refractivity contribution is -0.870. The van der Waals surface area contributed by atoms with E-state index in [0.717, 1.165) is 57.8 Å². The molecule has 0 fully saturated rings. The van der Waals surface area contributed by atoms with Crippen LogP contribution >= 0.6 is 0 Å². The molecule has 0 saturated carbocycles. The van der Waals surface area contributed by atoms with E-state index in [1.807, 2.05) is 21.1 Å². The lowest BCUT2D eigenvalue weighted by Gasteiger charge is -2.25. The van der Waals surface area contributed by atoms with Crippen molar-refractivity contribution >= 4 is 17.9 Å². The number of allylic oxidation sites excluding steroid dienone is 4. The average molecular weight is 1010 g/mol. The molecule has 9 heteroatoms. The Hall–Kier alpha value is -2.23. The second-order valence-corrected chi connectivity index (χ2v) is 22.0. The average Bonchev–Trinajstić information content (AvgIpc) is 3.34. The van der Waals surface area contributed by atoms with Crippen LogP contribution in [0.3, 0.4) is 0 Å². The van der Waals surface area contributed by atoms with Gasteiger partial charge in [-0.2, -0.15) is 0 Å². The van der Waals surface area contributed by atoms with E-state index < -0.39 is 24.3 Å². The number of carboxylic acids is 1. The van der Waals surface area contributed by atoms with Crippen molar-refractivity contribution < 1.29 is 42.9 Å². The largest absolute Gasteiger partial charge is 0.477 e. The molecule has 0 heterocycles. The highest BCUT2D eigenvalue weighted by atomic mass is 16.7. The summed E-state index contributed by atoms with van der Waals surface area (Å²) in [4.78, 5) is 37.4. The van der Waals surface area contributed by atoms with Gasteiger partial charge in [0.25, 0.3) is 6.29 Å². The first-order valence-corrected chi connectivity index (χ1v) is 30.5. The Kier molecular flexibility index (Phi) is 52.3. The fraction of sp³-hybridized carbons (Fsp3) is 0.887. The smallest absolute Gasteiger partial charge is 0.361 e. The molecule has 0 aromatic rings. The number of hydrogen-bond donors (Lipinski definition) is 1. The molecule has 1 N–H and O–H groups in total. The molecule has 0 bridgehead atoms. The summed E-state index contributed by atoms with van der Waals surface area (Å²) in [5.41, 5.74) is 0. The van der Waals surface area contributed by atoms with Crippen molar-refractivity contribution in [1.29, 1.82) is 0 Å². The monoisotopic (exact) mass is 1000 g/mol. The van der Waals surface area contributed by atoms with E-state index in [-0.39, 0.29) is 32.2 Å². The molecule has 2 unspecified atom stereocenters. The van der Waals surface area contributed by atoms with Crippen LogP contribution in [-0.4, -0.2) is 87.4 Å². The molecule has 0 rings (SSSR count). The Bertz CT molecular complexity index is 1210. The molecule has 2 atom stereocenters. The third-order valence-electron chi connectivity index (χ3n) is 13.7. The first-order chi connectivity index (χ1) is 34.6. The summed E-state index contributed by atoms with van der Waals surface area (Å²) in [7, 11) is 5.97. The summed E-state index contributed by atoms with van der Waals surface area (Å²) in [5.74, 6) is -2.01. The van der Waals surface area contributed by atoms with Gasteiger partial charge in [0.05, 0.1) is 34.4 Å². The van der Waals surface area contributed by atoms with Gasteiger partial charge in [0.2, 0.25) is 0 Å². The third-order valence-corrected chi connectivity index (χ3v) is 13.7. The Morgan fingerprint density at radius 3 is 1.13 bits per heavy atom.